The van der Waals surface area contributed by atoms with Crippen molar-refractivity contribution in [1.82, 2.24) is 9.55 Å². The fourth-order valence-electron chi connectivity index (χ4n) is 2.92. The summed E-state index contributed by atoms with van der Waals surface area (Å²) in [5.41, 5.74) is 2.44. The summed E-state index contributed by atoms with van der Waals surface area (Å²) in [6.07, 6.45) is -3.50. The molecule has 0 amide bonds. The molecule has 0 saturated heterocycles. The van der Waals surface area contributed by atoms with Crippen molar-refractivity contribution in [3.63, 3.8) is 0 Å². The maximum absolute atomic E-state index is 13.0. The molecule has 0 saturated carbocycles. The highest BCUT2D eigenvalue weighted by atomic mass is 19.4. The van der Waals surface area contributed by atoms with Gasteiger partial charge in [0.15, 0.2) is 0 Å². The standard InChI is InChI=1S/C19H19F3N2/c1-4-13(3)24-17-10-9-14(19(20,21)22)11-16(17)23-18(24)15-8-6-5-7-12(15)2/h5-11,13H,4H2,1-3H3. The third-order valence-electron chi connectivity index (χ3n) is 4.43. The molecule has 1 atom stereocenters. The molecular formula is C19H19F3N2. The number of halogens is 3. The van der Waals surface area contributed by atoms with Crippen LogP contribution in [0.1, 0.15) is 37.4 Å². The zero-order chi connectivity index (χ0) is 17.5. The summed E-state index contributed by atoms with van der Waals surface area (Å²) < 4.78 is 41.0. The van der Waals surface area contributed by atoms with E-state index in [-0.39, 0.29) is 6.04 Å². The third kappa shape index (κ3) is 2.79. The van der Waals surface area contributed by atoms with Crippen LogP contribution in [0.15, 0.2) is 42.5 Å². The van der Waals surface area contributed by atoms with E-state index in [0.29, 0.717) is 5.52 Å². The molecule has 0 aliphatic heterocycles. The van der Waals surface area contributed by atoms with Crippen molar-refractivity contribution < 1.29 is 13.2 Å². The number of imidazole rings is 1. The Kier molecular flexibility index (Phi) is 4.11. The molecule has 2 aromatic carbocycles. The van der Waals surface area contributed by atoms with Crippen molar-refractivity contribution in [1.29, 1.82) is 0 Å². The molecule has 0 N–H and O–H groups in total. The summed E-state index contributed by atoms with van der Waals surface area (Å²) in [6.45, 7) is 6.10. The number of hydrogen-bond donors (Lipinski definition) is 0. The van der Waals surface area contributed by atoms with Gasteiger partial charge in [0.25, 0.3) is 0 Å². The van der Waals surface area contributed by atoms with Crippen LogP contribution in [0, 0.1) is 6.92 Å². The van der Waals surface area contributed by atoms with Crippen LogP contribution in [-0.2, 0) is 6.18 Å². The molecule has 126 valence electrons. The van der Waals surface area contributed by atoms with Gasteiger partial charge in [-0.15, -0.1) is 0 Å². The van der Waals surface area contributed by atoms with Gasteiger partial charge in [0.05, 0.1) is 16.6 Å². The maximum Gasteiger partial charge on any atom is 0.416 e. The lowest BCUT2D eigenvalue weighted by Crippen LogP contribution is -2.07. The number of alkyl halides is 3. The number of nitrogens with zero attached hydrogens (tertiary/aromatic N) is 2. The van der Waals surface area contributed by atoms with Crippen molar-refractivity contribution in [2.45, 2.75) is 39.4 Å². The fourth-order valence-corrected chi connectivity index (χ4v) is 2.92. The fraction of sp³-hybridized carbons (Fsp3) is 0.316. The van der Waals surface area contributed by atoms with E-state index < -0.39 is 11.7 Å². The molecule has 3 rings (SSSR count). The van der Waals surface area contributed by atoms with Crippen molar-refractivity contribution in [2.24, 2.45) is 0 Å². The van der Waals surface area contributed by atoms with Crippen LogP contribution >= 0.6 is 0 Å². The van der Waals surface area contributed by atoms with Gasteiger partial charge in [0.2, 0.25) is 0 Å². The van der Waals surface area contributed by atoms with Crippen LogP contribution in [0.4, 0.5) is 13.2 Å². The third-order valence-corrected chi connectivity index (χ3v) is 4.43. The number of aromatic nitrogens is 2. The van der Waals surface area contributed by atoms with Crippen LogP contribution in [0.3, 0.4) is 0 Å². The highest BCUT2D eigenvalue weighted by Crippen LogP contribution is 2.35. The molecule has 1 heterocycles. The molecule has 2 nitrogen and oxygen atoms in total. The highest BCUT2D eigenvalue weighted by Gasteiger charge is 2.31. The molecule has 0 spiro atoms. The van der Waals surface area contributed by atoms with Gasteiger partial charge in [-0.2, -0.15) is 13.2 Å². The van der Waals surface area contributed by atoms with E-state index in [1.54, 1.807) is 0 Å². The van der Waals surface area contributed by atoms with E-state index in [2.05, 4.69) is 18.8 Å². The molecular weight excluding hydrogens is 313 g/mol. The summed E-state index contributed by atoms with van der Waals surface area (Å²) in [5.74, 6) is 0.719. The summed E-state index contributed by atoms with van der Waals surface area (Å²) in [5, 5.41) is 0. The van der Waals surface area contributed by atoms with Gasteiger partial charge in [-0.1, -0.05) is 31.2 Å². The first kappa shape index (κ1) is 16.6. The Morgan fingerprint density at radius 2 is 1.83 bits per heavy atom. The first-order chi connectivity index (χ1) is 11.3. The van der Waals surface area contributed by atoms with Gasteiger partial charge in [-0.25, -0.2) is 4.98 Å². The number of hydrogen-bond acceptors (Lipinski definition) is 1. The Morgan fingerprint density at radius 1 is 1.12 bits per heavy atom. The van der Waals surface area contributed by atoms with Crippen molar-refractivity contribution >= 4 is 11.0 Å². The maximum atomic E-state index is 13.0. The van der Waals surface area contributed by atoms with Gasteiger partial charge in [-0.05, 0) is 44.0 Å². The van der Waals surface area contributed by atoms with E-state index in [0.717, 1.165) is 41.0 Å². The van der Waals surface area contributed by atoms with E-state index in [4.69, 9.17) is 0 Å². The highest BCUT2D eigenvalue weighted by molar-refractivity contribution is 5.82. The summed E-state index contributed by atoms with van der Waals surface area (Å²) in [7, 11) is 0. The number of fused-ring (bicyclic) bond motifs is 1. The number of rotatable bonds is 3. The number of benzene rings is 2. The SMILES string of the molecule is CCC(C)n1c(-c2ccccc2C)nc2cc(C(F)(F)F)ccc21. The topological polar surface area (TPSA) is 17.8 Å². The average molecular weight is 332 g/mol. The van der Waals surface area contributed by atoms with Crippen molar-refractivity contribution in [3.8, 4) is 11.4 Å². The quantitative estimate of drug-likeness (QED) is 0.575. The molecule has 0 radical (unpaired) electrons. The minimum atomic E-state index is -4.36. The zero-order valence-electron chi connectivity index (χ0n) is 13.9. The lowest BCUT2D eigenvalue weighted by Gasteiger charge is -2.17. The molecule has 1 unspecified atom stereocenters. The minimum Gasteiger partial charge on any atom is -0.321 e. The normalized spacial score (nSPS) is 13.4. The predicted octanol–water partition coefficient (Wildman–Crippen LogP) is 6.00. The molecule has 1 aromatic heterocycles. The first-order valence-electron chi connectivity index (χ1n) is 7.98. The lowest BCUT2D eigenvalue weighted by atomic mass is 10.1. The van der Waals surface area contributed by atoms with Crippen LogP contribution in [-0.4, -0.2) is 9.55 Å². The van der Waals surface area contributed by atoms with E-state index >= 15 is 0 Å². The van der Waals surface area contributed by atoms with Crippen LogP contribution in [0.5, 0.6) is 0 Å². The Hall–Kier alpha value is -2.30. The molecule has 5 heteroatoms. The summed E-state index contributed by atoms with van der Waals surface area (Å²) in [6, 6.07) is 11.7. The summed E-state index contributed by atoms with van der Waals surface area (Å²) >= 11 is 0. The Balaban J connectivity index is 2.30. The van der Waals surface area contributed by atoms with E-state index in [1.165, 1.54) is 6.07 Å². The lowest BCUT2D eigenvalue weighted by molar-refractivity contribution is -0.137. The molecule has 0 aliphatic carbocycles. The second-order valence-corrected chi connectivity index (χ2v) is 6.08. The molecule has 0 aliphatic rings. The Bertz CT molecular complexity index is 878. The summed E-state index contributed by atoms with van der Waals surface area (Å²) in [4.78, 5) is 4.55. The molecule has 0 fully saturated rings. The van der Waals surface area contributed by atoms with Crippen LogP contribution < -0.4 is 0 Å². The Morgan fingerprint density at radius 3 is 2.46 bits per heavy atom. The monoisotopic (exact) mass is 332 g/mol. The first-order valence-corrected chi connectivity index (χ1v) is 7.98. The van der Waals surface area contributed by atoms with Crippen LogP contribution in [0.25, 0.3) is 22.4 Å². The van der Waals surface area contributed by atoms with Gasteiger partial charge in [-0.3, -0.25) is 0 Å². The second kappa shape index (κ2) is 5.96. The smallest absolute Gasteiger partial charge is 0.321 e. The van der Waals surface area contributed by atoms with Crippen molar-refractivity contribution in [2.75, 3.05) is 0 Å². The minimum absolute atomic E-state index is 0.140. The molecule has 3 aromatic rings. The molecule has 0 bridgehead atoms. The largest absolute Gasteiger partial charge is 0.416 e. The average Bonchev–Trinajstić information content (AvgIpc) is 2.92. The zero-order valence-corrected chi connectivity index (χ0v) is 13.9. The molecule has 24 heavy (non-hydrogen) atoms. The second-order valence-electron chi connectivity index (χ2n) is 6.08. The van der Waals surface area contributed by atoms with E-state index in [1.807, 2.05) is 35.8 Å². The number of aryl methyl sites for hydroxylation is 1. The van der Waals surface area contributed by atoms with Gasteiger partial charge >= 0.3 is 6.18 Å². The van der Waals surface area contributed by atoms with Gasteiger partial charge in [0.1, 0.15) is 5.82 Å². The van der Waals surface area contributed by atoms with Crippen molar-refractivity contribution in [3.05, 3.63) is 53.6 Å². The van der Waals surface area contributed by atoms with E-state index in [9.17, 15) is 13.2 Å². The Labute approximate surface area is 138 Å². The van der Waals surface area contributed by atoms with Gasteiger partial charge < -0.3 is 4.57 Å². The predicted molar refractivity (Wildman–Crippen MR) is 89.9 cm³/mol. The van der Waals surface area contributed by atoms with Gasteiger partial charge in [0, 0.05) is 11.6 Å². The van der Waals surface area contributed by atoms with Crippen LogP contribution in [0.2, 0.25) is 0 Å².